The van der Waals surface area contributed by atoms with Crippen LogP contribution in [0, 0.1) is 0 Å². The largest absolute Gasteiger partial charge is 0.549 e. The summed E-state index contributed by atoms with van der Waals surface area (Å²) in [5.74, 6) is 5.88. The summed E-state index contributed by atoms with van der Waals surface area (Å²) >= 11 is 0. The van der Waals surface area contributed by atoms with E-state index >= 15 is 0 Å². The van der Waals surface area contributed by atoms with Crippen LogP contribution in [0.4, 0.5) is 13.2 Å². The zero-order valence-electron chi connectivity index (χ0n) is 3.96. The van der Waals surface area contributed by atoms with Gasteiger partial charge in [0.05, 0.1) is 6.42 Å². The van der Waals surface area contributed by atoms with Crippen LogP contribution >= 0.6 is 0 Å². The minimum atomic E-state index is -4.19. The molecular formula is C3H5F3NO-. The number of hydrogen-bond donors (Lipinski definition) is 0. The highest BCUT2D eigenvalue weighted by atomic mass is 19.4. The molecule has 0 aromatic rings. The monoisotopic (exact) mass is 128 g/mol. The second-order valence-electron chi connectivity index (χ2n) is 1.21. The Balaban J connectivity index is 3.11. The fourth-order valence-corrected chi connectivity index (χ4v) is 0.167. The first-order valence-corrected chi connectivity index (χ1v) is 1.91. The van der Waals surface area contributed by atoms with Crippen LogP contribution in [0.15, 0.2) is 0 Å². The molecule has 0 heterocycles. The van der Waals surface area contributed by atoms with Crippen LogP contribution in [-0.4, -0.2) is 12.8 Å². The minimum absolute atomic E-state index is 0.580. The lowest BCUT2D eigenvalue weighted by molar-refractivity contribution is -0.141. The molecule has 0 saturated carbocycles. The molecule has 0 aromatic heterocycles. The molecule has 0 spiro atoms. The predicted molar refractivity (Wildman–Crippen MR) is 20.9 cm³/mol. The second kappa shape index (κ2) is 2.88. The van der Waals surface area contributed by atoms with Gasteiger partial charge in [-0.3, -0.25) is 0 Å². The van der Waals surface area contributed by atoms with Crippen molar-refractivity contribution in [2.45, 2.75) is 12.6 Å². The van der Waals surface area contributed by atoms with E-state index in [-0.39, 0.29) is 0 Å². The summed E-state index contributed by atoms with van der Waals surface area (Å²) in [6.45, 7) is -0.580. The lowest BCUT2D eigenvalue weighted by Gasteiger charge is -2.06. The Morgan fingerprint density at radius 3 is 2.00 bits per heavy atom. The summed E-state index contributed by atoms with van der Waals surface area (Å²) in [6, 6.07) is 0. The maximum Gasteiger partial charge on any atom is 0.391 e. The van der Waals surface area contributed by atoms with Crippen LogP contribution in [0.3, 0.4) is 0 Å². The Morgan fingerprint density at radius 2 is 1.88 bits per heavy atom. The molecule has 0 amide bonds. The van der Waals surface area contributed by atoms with Gasteiger partial charge < -0.3 is 10.7 Å². The van der Waals surface area contributed by atoms with Crippen molar-refractivity contribution in [2.24, 2.45) is 0 Å². The van der Waals surface area contributed by atoms with Crippen LogP contribution in [0.5, 0.6) is 0 Å². The maximum absolute atomic E-state index is 11.1. The van der Waals surface area contributed by atoms with Gasteiger partial charge in [0.15, 0.2) is 0 Å². The SMILES string of the molecule is [NH-]OCCC(F)(F)F. The molecule has 0 rings (SSSR count). The predicted octanol–water partition coefficient (Wildman–Crippen LogP) is 1.92. The van der Waals surface area contributed by atoms with Gasteiger partial charge in [-0.15, -0.1) is 0 Å². The zero-order valence-corrected chi connectivity index (χ0v) is 3.96. The molecule has 0 atom stereocenters. The van der Waals surface area contributed by atoms with E-state index in [1.54, 1.807) is 0 Å². The average Bonchev–Trinajstić information content (AvgIpc) is 1.59. The smallest absolute Gasteiger partial charge is 0.391 e. The molecule has 2 nitrogen and oxygen atoms in total. The molecule has 0 aliphatic heterocycles. The van der Waals surface area contributed by atoms with Crippen LogP contribution in [-0.2, 0) is 4.84 Å². The highest BCUT2D eigenvalue weighted by Gasteiger charge is 2.25. The molecule has 0 unspecified atom stereocenters. The fourth-order valence-electron chi connectivity index (χ4n) is 0.167. The molecule has 8 heavy (non-hydrogen) atoms. The molecule has 0 aromatic carbocycles. The van der Waals surface area contributed by atoms with Gasteiger partial charge in [-0.05, 0) is 0 Å². The van der Waals surface area contributed by atoms with Crippen LogP contribution in [0.25, 0.3) is 5.90 Å². The summed E-state index contributed by atoms with van der Waals surface area (Å²) in [7, 11) is 0. The summed E-state index contributed by atoms with van der Waals surface area (Å²) in [5.41, 5.74) is 0. The van der Waals surface area contributed by atoms with E-state index in [9.17, 15) is 13.2 Å². The van der Waals surface area contributed by atoms with E-state index in [0.29, 0.717) is 0 Å². The van der Waals surface area contributed by atoms with E-state index in [2.05, 4.69) is 4.84 Å². The maximum atomic E-state index is 11.1. The zero-order chi connectivity index (χ0) is 6.62. The molecule has 0 aliphatic rings. The number of hydrogen-bond acceptors (Lipinski definition) is 1. The van der Waals surface area contributed by atoms with Crippen LogP contribution in [0.1, 0.15) is 6.42 Å². The van der Waals surface area contributed by atoms with Gasteiger partial charge in [-0.1, -0.05) is 0 Å². The van der Waals surface area contributed by atoms with Gasteiger partial charge in [0, 0.05) is 6.61 Å². The molecule has 0 aliphatic carbocycles. The molecule has 1 N–H and O–H groups in total. The number of alkyl halides is 3. The molecule has 0 radical (unpaired) electrons. The van der Waals surface area contributed by atoms with Gasteiger partial charge in [0.2, 0.25) is 0 Å². The quantitative estimate of drug-likeness (QED) is 0.523. The summed E-state index contributed by atoms with van der Waals surface area (Å²) < 4.78 is 33.2. The Labute approximate surface area is 44.4 Å². The molecule has 0 fully saturated rings. The Morgan fingerprint density at radius 1 is 1.38 bits per heavy atom. The topological polar surface area (TPSA) is 33.0 Å². The standard InChI is InChI=1S/C3H5F3NO/c4-3(5,6)1-2-8-7/h7H,1-2H2/q-1. The van der Waals surface area contributed by atoms with Crippen molar-refractivity contribution < 1.29 is 18.0 Å². The minimum Gasteiger partial charge on any atom is -0.549 e. The van der Waals surface area contributed by atoms with Crippen molar-refractivity contribution in [2.75, 3.05) is 6.61 Å². The van der Waals surface area contributed by atoms with E-state index in [1.807, 2.05) is 0 Å². The van der Waals surface area contributed by atoms with Crippen molar-refractivity contribution in [3.05, 3.63) is 5.90 Å². The van der Waals surface area contributed by atoms with Gasteiger partial charge in [-0.2, -0.15) is 13.2 Å². The molecule has 0 bridgehead atoms. The fraction of sp³-hybridized carbons (Fsp3) is 1.00. The summed E-state index contributed by atoms with van der Waals surface area (Å²) in [4.78, 5) is 3.45. The highest BCUT2D eigenvalue weighted by molar-refractivity contribution is 4.47. The number of rotatable bonds is 2. The average molecular weight is 128 g/mol. The third-order valence-electron chi connectivity index (χ3n) is 0.488. The first-order chi connectivity index (χ1) is 3.56. The van der Waals surface area contributed by atoms with Gasteiger partial charge in [0.25, 0.3) is 0 Å². The van der Waals surface area contributed by atoms with E-state index < -0.39 is 19.2 Å². The molecule has 0 saturated heterocycles. The van der Waals surface area contributed by atoms with Crippen molar-refractivity contribution in [1.29, 1.82) is 0 Å². The van der Waals surface area contributed by atoms with E-state index in [4.69, 9.17) is 5.90 Å². The lowest BCUT2D eigenvalue weighted by Crippen LogP contribution is -2.09. The summed E-state index contributed by atoms with van der Waals surface area (Å²) in [5, 5.41) is 0. The normalized spacial score (nSPS) is 12.0. The van der Waals surface area contributed by atoms with Crippen LogP contribution < -0.4 is 0 Å². The highest BCUT2D eigenvalue weighted by Crippen LogP contribution is 2.18. The Bertz CT molecular complexity index is 62.0. The van der Waals surface area contributed by atoms with Crippen molar-refractivity contribution in [3.8, 4) is 0 Å². The third kappa shape index (κ3) is 5.71. The third-order valence-corrected chi connectivity index (χ3v) is 0.488. The first-order valence-electron chi connectivity index (χ1n) is 1.91. The number of halogens is 3. The second-order valence-corrected chi connectivity index (χ2v) is 1.21. The van der Waals surface area contributed by atoms with Gasteiger partial charge >= 0.3 is 6.18 Å². The van der Waals surface area contributed by atoms with Crippen molar-refractivity contribution in [3.63, 3.8) is 0 Å². The Hall–Kier alpha value is -0.290. The van der Waals surface area contributed by atoms with Crippen LogP contribution in [0.2, 0.25) is 0 Å². The molecular weight excluding hydrogens is 123 g/mol. The van der Waals surface area contributed by atoms with Crippen molar-refractivity contribution >= 4 is 0 Å². The molecule has 5 heteroatoms. The van der Waals surface area contributed by atoms with Gasteiger partial charge in [-0.25, -0.2) is 0 Å². The molecule has 50 valence electrons. The van der Waals surface area contributed by atoms with E-state index in [0.717, 1.165) is 0 Å². The van der Waals surface area contributed by atoms with Gasteiger partial charge in [0.1, 0.15) is 0 Å². The Kier molecular flexibility index (Phi) is 2.78. The van der Waals surface area contributed by atoms with E-state index in [1.165, 1.54) is 0 Å². The first kappa shape index (κ1) is 7.71. The van der Waals surface area contributed by atoms with Crippen molar-refractivity contribution in [1.82, 2.24) is 0 Å². The number of nitrogens with one attached hydrogen (secondary N) is 1. The lowest BCUT2D eigenvalue weighted by atomic mass is 10.5. The summed E-state index contributed by atoms with van der Waals surface area (Å²) in [6.07, 6.45) is -5.24.